The van der Waals surface area contributed by atoms with Gasteiger partial charge in [0.15, 0.2) is 6.10 Å². The fourth-order valence-corrected chi connectivity index (χ4v) is 5.58. The van der Waals surface area contributed by atoms with Crippen molar-refractivity contribution in [2.45, 2.75) is 141 Å². The van der Waals surface area contributed by atoms with E-state index in [0.29, 0.717) is 32.1 Å². The van der Waals surface area contributed by atoms with E-state index in [1.165, 1.54) is 0 Å². The summed E-state index contributed by atoms with van der Waals surface area (Å²) >= 11 is 0. The molecule has 0 aromatic heterocycles. The second kappa shape index (κ2) is 22.8. The first kappa shape index (κ1) is 39.4. The summed E-state index contributed by atoms with van der Waals surface area (Å²) < 4.78 is 26.0. The molecule has 12 heteroatoms. The molecule has 0 radical (unpaired) electrons. The molecule has 0 aliphatic heterocycles. The number of allylic oxidation sites excluding steroid dienone is 1. The Kier molecular flexibility index (Phi) is 20.9. The molecule has 11 nitrogen and oxygen atoms in total. The number of hydrogen-bond acceptors (Lipinski definition) is 9. The van der Waals surface area contributed by atoms with E-state index in [0.717, 1.165) is 57.8 Å². The summed E-state index contributed by atoms with van der Waals surface area (Å²) in [5.41, 5.74) is 0. The molecule has 0 unspecified atom stereocenters. The average molecular weight is 635 g/mol. The van der Waals surface area contributed by atoms with E-state index in [1.807, 2.05) is 0 Å². The first-order valence-corrected chi connectivity index (χ1v) is 17.6. The standard InChI is InChI=1S/C31H55O11P/c1-3-5-7-8-13-17-30(35)40-22-25(23-41-43(37,38)39)42-31(36)18-14-10-9-12-16-26-27(29(34)21-28(26)33)20-19-24(32)15-11-6-4-2/h19-20,24-28,32-33H,3-18,21-23H2,1-2H3,(H2,37,38,39)/b20-19+/t24-,25+,26+,27+,28-/m0/s1. The van der Waals surface area contributed by atoms with Crippen LogP contribution >= 0.6 is 7.82 Å². The molecule has 0 amide bonds. The minimum absolute atomic E-state index is 0.00723. The molecule has 250 valence electrons. The lowest BCUT2D eigenvalue weighted by Crippen LogP contribution is -2.29. The number of phosphoric acid groups is 1. The summed E-state index contributed by atoms with van der Waals surface area (Å²) in [6, 6.07) is 0. The van der Waals surface area contributed by atoms with Crippen molar-refractivity contribution in [1.82, 2.24) is 0 Å². The second-order valence-electron chi connectivity index (χ2n) is 11.6. The van der Waals surface area contributed by atoms with Crippen molar-refractivity contribution in [3.8, 4) is 0 Å². The number of unbranched alkanes of at least 4 members (excludes halogenated alkanes) is 9. The van der Waals surface area contributed by atoms with Crippen LogP contribution < -0.4 is 0 Å². The molecule has 5 atom stereocenters. The zero-order valence-electron chi connectivity index (χ0n) is 26.1. The maximum atomic E-state index is 12.4. The minimum Gasteiger partial charge on any atom is -0.462 e. The number of hydrogen-bond donors (Lipinski definition) is 4. The molecule has 1 saturated carbocycles. The Morgan fingerprint density at radius 2 is 1.51 bits per heavy atom. The summed E-state index contributed by atoms with van der Waals surface area (Å²) in [7, 11) is -4.80. The first-order chi connectivity index (χ1) is 20.5. The highest BCUT2D eigenvalue weighted by Crippen LogP contribution is 2.36. The molecule has 0 saturated heterocycles. The van der Waals surface area contributed by atoms with Gasteiger partial charge in [0.2, 0.25) is 0 Å². The van der Waals surface area contributed by atoms with Crippen molar-refractivity contribution < 1.29 is 52.9 Å². The molecule has 1 aliphatic carbocycles. The Morgan fingerprint density at radius 3 is 2.16 bits per heavy atom. The Labute approximate surface area is 257 Å². The van der Waals surface area contributed by atoms with Crippen LogP contribution in [-0.2, 0) is 32.9 Å². The lowest BCUT2D eigenvalue weighted by molar-refractivity contribution is -0.161. The van der Waals surface area contributed by atoms with Crippen molar-refractivity contribution >= 4 is 25.5 Å². The molecule has 0 aromatic rings. The van der Waals surface area contributed by atoms with Crippen LogP contribution in [0.2, 0.25) is 0 Å². The molecular formula is C31H55O11P. The predicted molar refractivity (Wildman–Crippen MR) is 162 cm³/mol. The van der Waals surface area contributed by atoms with Crippen molar-refractivity contribution in [3.05, 3.63) is 12.2 Å². The average Bonchev–Trinajstić information content (AvgIpc) is 3.21. The number of carbonyl (C=O) groups is 3. The topological polar surface area (TPSA) is 177 Å². The number of rotatable bonds is 25. The summed E-state index contributed by atoms with van der Waals surface area (Å²) in [5, 5.41) is 20.6. The molecule has 0 spiro atoms. The largest absolute Gasteiger partial charge is 0.469 e. The Bertz CT molecular complexity index is 872. The van der Waals surface area contributed by atoms with E-state index < -0.39 is 50.6 Å². The second-order valence-corrected chi connectivity index (χ2v) is 12.8. The van der Waals surface area contributed by atoms with E-state index in [9.17, 15) is 29.2 Å². The molecule has 43 heavy (non-hydrogen) atoms. The maximum Gasteiger partial charge on any atom is 0.469 e. The van der Waals surface area contributed by atoms with Crippen LogP contribution in [0.5, 0.6) is 0 Å². The molecule has 1 fully saturated rings. The summed E-state index contributed by atoms with van der Waals surface area (Å²) in [5.74, 6) is -1.65. The van der Waals surface area contributed by atoms with Gasteiger partial charge in [-0.25, -0.2) is 4.57 Å². The first-order valence-electron chi connectivity index (χ1n) is 16.1. The van der Waals surface area contributed by atoms with Gasteiger partial charge in [0.05, 0.1) is 18.8 Å². The van der Waals surface area contributed by atoms with Crippen LogP contribution in [0, 0.1) is 11.8 Å². The summed E-state index contributed by atoms with van der Waals surface area (Å²) in [4.78, 5) is 54.8. The van der Waals surface area contributed by atoms with E-state index >= 15 is 0 Å². The number of ether oxygens (including phenoxy) is 2. The lowest BCUT2D eigenvalue weighted by atomic mass is 9.88. The third-order valence-corrected chi connectivity index (χ3v) is 8.18. The highest BCUT2D eigenvalue weighted by Gasteiger charge is 2.39. The zero-order valence-corrected chi connectivity index (χ0v) is 27.0. The maximum absolute atomic E-state index is 12.4. The van der Waals surface area contributed by atoms with Crippen molar-refractivity contribution in [3.63, 3.8) is 0 Å². The molecule has 1 aliphatic rings. The van der Waals surface area contributed by atoms with Crippen LogP contribution in [0.1, 0.15) is 123 Å². The predicted octanol–water partition coefficient (Wildman–Crippen LogP) is 5.32. The van der Waals surface area contributed by atoms with Gasteiger partial charge in [-0.05, 0) is 31.6 Å². The van der Waals surface area contributed by atoms with E-state index in [-0.39, 0.29) is 37.6 Å². The van der Waals surface area contributed by atoms with Crippen molar-refractivity contribution in [2.75, 3.05) is 13.2 Å². The number of aliphatic hydroxyl groups excluding tert-OH is 2. The lowest BCUT2D eigenvalue weighted by Gasteiger charge is -2.19. The van der Waals surface area contributed by atoms with Crippen LogP contribution in [-0.4, -0.2) is 69.2 Å². The number of esters is 2. The number of carbonyl (C=O) groups excluding carboxylic acids is 3. The highest BCUT2D eigenvalue weighted by atomic mass is 31.2. The van der Waals surface area contributed by atoms with Gasteiger partial charge in [-0.1, -0.05) is 90.2 Å². The molecule has 1 rings (SSSR count). The van der Waals surface area contributed by atoms with E-state index in [1.54, 1.807) is 12.2 Å². The third kappa shape index (κ3) is 19.4. The number of Topliss-reactive ketones (excluding diaryl/α,β-unsaturated/α-hetero) is 1. The molecule has 0 heterocycles. The monoisotopic (exact) mass is 634 g/mol. The van der Waals surface area contributed by atoms with Gasteiger partial charge in [-0.3, -0.25) is 18.9 Å². The van der Waals surface area contributed by atoms with Gasteiger partial charge in [-0.15, -0.1) is 0 Å². The fraction of sp³-hybridized carbons (Fsp3) is 0.839. The van der Waals surface area contributed by atoms with Crippen LogP contribution in [0.15, 0.2) is 12.2 Å². The van der Waals surface area contributed by atoms with Gasteiger partial charge >= 0.3 is 19.8 Å². The number of ketones is 1. The van der Waals surface area contributed by atoms with Crippen LogP contribution in [0.4, 0.5) is 0 Å². The quantitative estimate of drug-likeness (QED) is 0.0443. The zero-order chi connectivity index (χ0) is 32.1. The highest BCUT2D eigenvalue weighted by molar-refractivity contribution is 7.46. The van der Waals surface area contributed by atoms with Gasteiger partial charge in [0, 0.05) is 25.2 Å². The Balaban J connectivity index is 2.40. The Morgan fingerprint density at radius 1 is 0.907 bits per heavy atom. The summed E-state index contributed by atoms with van der Waals surface area (Å²) in [6.45, 7) is 3.24. The van der Waals surface area contributed by atoms with E-state index in [2.05, 4.69) is 18.4 Å². The van der Waals surface area contributed by atoms with Gasteiger partial charge < -0.3 is 29.5 Å². The minimum atomic E-state index is -4.80. The van der Waals surface area contributed by atoms with Crippen molar-refractivity contribution in [2.24, 2.45) is 11.8 Å². The molecule has 0 aromatic carbocycles. The number of aliphatic hydroxyl groups is 2. The van der Waals surface area contributed by atoms with Gasteiger partial charge in [0.1, 0.15) is 12.4 Å². The SMILES string of the molecule is CCCCCCCC(=O)OC[C@H](COP(=O)(O)O)OC(=O)CCCCCC[C@H]1[C@@H](O)CC(=O)[C@@H]1/C=C/[C@@H](O)CCCCC. The summed E-state index contributed by atoms with van der Waals surface area (Å²) in [6.07, 6.45) is 13.4. The molecule has 4 N–H and O–H groups in total. The normalized spacial score (nSPS) is 20.4. The van der Waals surface area contributed by atoms with Crippen LogP contribution in [0.25, 0.3) is 0 Å². The van der Waals surface area contributed by atoms with Crippen LogP contribution in [0.3, 0.4) is 0 Å². The Hall–Kier alpha value is -1.62. The van der Waals surface area contributed by atoms with Gasteiger partial charge in [-0.2, -0.15) is 0 Å². The number of phosphoric ester groups is 1. The smallest absolute Gasteiger partial charge is 0.462 e. The fourth-order valence-electron chi connectivity index (χ4n) is 5.22. The van der Waals surface area contributed by atoms with Crippen molar-refractivity contribution in [1.29, 1.82) is 0 Å². The third-order valence-electron chi connectivity index (χ3n) is 7.69. The molecule has 0 bridgehead atoms. The molecular weight excluding hydrogens is 579 g/mol. The van der Waals surface area contributed by atoms with E-state index in [4.69, 9.17) is 19.3 Å². The van der Waals surface area contributed by atoms with Gasteiger partial charge in [0.25, 0.3) is 0 Å².